The van der Waals surface area contributed by atoms with Gasteiger partial charge >= 0.3 is 0 Å². The molecule has 0 aromatic carbocycles. The van der Waals surface area contributed by atoms with Crippen LogP contribution in [0.4, 0.5) is 0 Å². The molecule has 4 nitrogen and oxygen atoms in total. The van der Waals surface area contributed by atoms with Crippen LogP contribution in [0.1, 0.15) is 56.1 Å². The van der Waals surface area contributed by atoms with Gasteiger partial charge in [0.25, 0.3) is 5.91 Å². The third-order valence-corrected chi connectivity index (χ3v) is 4.14. The van der Waals surface area contributed by atoms with E-state index in [0.29, 0.717) is 6.04 Å². The van der Waals surface area contributed by atoms with Crippen LogP contribution in [-0.4, -0.2) is 22.6 Å². The molecule has 106 valence electrons. The van der Waals surface area contributed by atoms with Crippen LogP contribution in [0.5, 0.6) is 0 Å². The molecule has 3 N–H and O–H groups in total. The molecule has 1 aliphatic rings. The first-order chi connectivity index (χ1) is 8.97. The van der Waals surface area contributed by atoms with Crippen molar-refractivity contribution >= 4 is 21.8 Å². The summed E-state index contributed by atoms with van der Waals surface area (Å²) in [5.41, 5.74) is 6.60. The van der Waals surface area contributed by atoms with E-state index in [2.05, 4.69) is 35.1 Å². The standard InChI is InChI=1S/C14H22BrN3O/c1-9(2)18-8-10(15)7-13(18)14(19)17-12-5-3-11(16)4-6-12/h7-9,11-12H,3-6,16H2,1-2H3,(H,17,19). The van der Waals surface area contributed by atoms with Gasteiger partial charge in [0.1, 0.15) is 5.69 Å². The van der Waals surface area contributed by atoms with E-state index in [1.54, 1.807) is 0 Å². The van der Waals surface area contributed by atoms with Gasteiger partial charge in [-0.3, -0.25) is 4.79 Å². The molecule has 0 saturated heterocycles. The van der Waals surface area contributed by atoms with Crippen LogP contribution in [-0.2, 0) is 0 Å². The molecule has 1 aromatic rings. The van der Waals surface area contributed by atoms with Gasteiger partial charge in [-0.2, -0.15) is 0 Å². The SMILES string of the molecule is CC(C)n1cc(Br)cc1C(=O)NC1CCC(N)CC1. The van der Waals surface area contributed by atoms with Crippen LogP contribution in [0, 0.1) is 0 Å². The van der Waals surface area contributed by atoms with Gasteiger partial charge in [0, 0.05) is 28.8 Å². The Morgan fingerprint density at radius 1 is 1.42 bits per heavy atom. The molecule has 0 bridgehead atoms. The number of hydrogen-bond acceptors (Lipinski definition) is 2. The highest BCUT2D eigenvalue weighted by atomic mass is 79.9. The van der Waals surface area contributed by atoms with E-state index in [-0.39, 0.29) is 18.0 Å². The lowest BCUT2D eigenvalue weighted by atomic mass is 9.92. The van der Waals surface area contributed by atoms with Gasteiger partial charge in [-0.05, 0) is 61.5 Å². The Kier molecular flexibility index (Phi) is 4.68. The summed E-state index contributed by atoms with van der Waals surface area (Å²) in [6.07, 6.45) is 5.92. The van der Waals surface area contributed by atoms with Crippen LogP contribution >= 0.6 is 15.9 Å². The third kappa shape index (κ3) is 3.60. The Bertz CT molecular complexity index is 448. The Morgan fingerprint density at radius 2 is 2.05 bits per heavy atom. The van der Waals surface area contributed by atoms with E-state index in [4.69, 9.17) is 5.73 Å². The summed E-state index contributed by atoms with van der Waals surface area (Å²) in [4.78, 5) is 12.3. The minimum absolute atomic E-state index is 0.0138. The maximum Gasteiger partial charge on any atom is 0.268 e. The maximum atomic E-state index is 12.3. The Labute approximate surface area is 122 Å². The number of carbonyl (C=O) groups is 1. The van der Waals surface area contributed by atoms with E-state index >= 15 is 0 Å². The number of aromatic nitrogens is 1. The van der Waals surface area contributed by atoms with Crippen LogP contribution in [0.2, 0.25) is 0 Å². The lowest BCUT2D eigenvalue weighted by molar-refractivity contribution is 0.0915. The zero-order chi connectivity index (χ0) is 14.0. The molecule has 0 atom stereocenters. The molecular formula is C14H22BrN3O. The zero-order valence-corrected chi connectivity index (χ0v) is 13.1. The van der Waals surface area contributed by atoms with Crippen molar-refractivity contribution in [3.63, 3.8) is 0 Å². The molecule has 5 heteroatoms. The molecule has 0 radical (unpaired) electrons. The molecule has 1 heterocycles. The summed E-state index contributed by atoms with van der Waals surface area (Å²) in [5, 5.41) is 3.13. The first-order valence-corrected chi connectivity index (χ1v) is 7.70. The number of hydrogen-bond donors (Lipinski definition) is 2. The van der Waals surface area contributed by atoms with Gasteiger partial charge in [0.2, 0.25) is 0 Å². The van der Waals surface area contributed by atoms with Crippen molar-refractivity contribution in [2.45, 2.75) is 57.7 Å². The molecule has 1 aromatic heterocycles. The van der Waals surface area contributed by atoms with E-state index in [0.717, 1.165) is 35.8 Å². The molecule has 2 rings (SSSR count). The fraction of sp³-hybridized carbons (Fsp3) is 0.643. The normalized spacial score (nSPS) is 23.6. The largest absolute Gasteiger partial charge is 0.348 e. The number of nitrogens with zero attached hydrogens (tertiary/aromatic N) is 1. The number of halogens is 1. The second-order valence-electron chi connectivity index (χ2n) is 5.63. The lowest BCUT2D eigenvalue weighted by Crippen LogP contribution is -2.41. The monoisotopic (exact) mass is 327 g/mol. The highest BCUT2D eigenvalue weighted by Gasteiger charge is 2.22. The van der Waals surface area contributed by atoms with Crippen molar-refractivity contribution in [2.24, 2.45) is 5.73 Å². The summed E-state index contributed by atoms with van der Waals surface area (Å²) in [5.74, 6) is 0.0138. The molecule has 0 spiro atoms. The van der Waals surface area contributed by atoms with Crippen molar-refractivity contribution in [3.8, 4) is 0 Å². The fourth-order valence-corrected chi connectivity index (χ4v) is 3.02. The van der Waals surface area contributed by atoms with Crippen molar-refractivity contribution in [3.05, 3.63) is 22.4 Å². The van der Waals surface area contributed by atoms with Gasteiger partial charge in [-0.25, -0.2) is 0 Å². The molecule has 19 heavy (non-hydrogen) atoms. The van der Waals surface area contributed by atoms with Crippen molar-refractivity contribution in [2.75, 3.05) is 0 Å². The van der Waals surface area contributed by atoms with E-state index in [1.165, 1.54) is 0 Å². The van der Waals surface area contributed by atoms with Gasteiger partial charge in [-0.1, -0.05) is 0 Å². The molecule has 1 aliphatic carbocycles. The van der Waals surface area contributed by atoms with Crippen LogP contribution in [0.25, 0.3) is 0 Å². The number of amides is 1. The second kappa shape index (κ2) is 6.09. The molecule has 1 fully saturated rings. The number of carbonyl (C=O) groups excluding carboxylic acids is 1. The topological polar surface area (TPSA) is 60.0 Å². The summed E-state index contributed by atoms with van der Waals surface area (Å²) in [7, 11) is 0. The average molecular weight is 328 g/mol. The Morgan fingerprint density at radius 3 is 2.63 bits per heavy atom. The van der Waals surface area contributed by atoms with Crippen LogP contribution in [0.15, 0.2) is 16.7 Å². The molecule has 1 amide bonds. The van der Waals surface area contributed by atoms with E-state index in [1.807, 2.05) is 16.8 Å². The summed E-state index contributed by atoms with van der Waals surface area (Å²) < 4.78 is 2.94. The van der Waals surface area contributed by atoms with Gasteiger partial charge < -0.3 is 15.6 Å². The minimum Gasteiger partial charge on any atom is -0.348 e. The van der Waals surface area contributed by atoms with Crippen molar-refractivity contribution in [1.82, 2.24) is 9.88 Å². The number of nitrogens with two attached hydrogens (primary N) is 1. The predicted octanol–water partition coefficient (Wildman–Crippen LogP) is 2.83. The molecule has 0 aliphatic heterocycles. The molecular weight excluding hydrogens is 306 g/mol. The maximum absolute atomic E-state index is 12.3. The van der Waals surface area contributed by atoms with Gasteiger partial charge in [-0.15, -0.1) is 0 Å². The highest BCUT2D eigenvalue weighted by Crippen LogP contribution is 2.21. The van der Waals surface area contributed by atoms with E-state index in [9.17, 15) is 4.79 Å². The zero-order valence-electron chi connectivity index (χ0n) is 11.5. The smallest absolute Gasteiger partial charge is 0.268 e. The highest BCUT2D eigenvalue weighted by molar-refractivity contribution is 9.10. The average Bonchev–Trinajstić information content (AvgIpc) is 2.74. The lowest BCUT2D eigenvalue weighted by Gasteiger charge is -2.27. The van der Waals surface area contributed by atoms with E-state index < -0.39 is 0 Å². The summed E-state index contributed by atoms with van der Waals surface area (Å²) in [6, 6.07) is 2.72. The second-order valence-corrected chi connectivity index (χ2v) is 6.55. The fourth-order valence-electron chi connectivity index (χ4n) is 2.58. The molecule has 0 unspecified atom stereocenters. The van der Waals surface area contributed by atoms with Gasteiger partial charge in [0.05, 0.1) is 0 Å². The summed E-state index contributed by atoms with van der Waals surface area (Å²) >= 11 is 3.44. The predicted molar refractivity (Wildman–Crippen MR) is 80.2 cm³/mol. The molecule has 1 saturated carbocycles. The number of nitrogens with one attached hydrogen (secondary N) is 1. The van der Waals surface area contributed by atoms with Gasteiger partial charge in [0.15, 0.2) is 0 Å². The quantitative estimate of drug-likeness (QED) is 0.896. The minimum atomic E-state index is 0.0138. The van der Waals surface area contributed by atoms with Crippen LogP contribution in [0.3, 0.4) is 0 Å². The Hall–Kier alpha value is -0.810. The van der Waals surface area contributed by atoms with Crippen molar-refractivity contribution < 1.29 is 4.79 Å². The Balaban J connectivity index is 2.03. The number of rotatable bonds is 3. The van der Waals surface area contributed by atoms with Crippen molar-refractivity contribution in [1.29, 1.82) is 0 Å². The first-order valence-electron chi connectivity index (χ1n) is 6.91. The van der Waals surface area contributed by atoms with Crippen LogP contribution < -0.4 is 11.1 Å². The first kappa shape index (κ1) is 14.6. The third-order valence-electron chi connectivity index (χ3n) is 3.71. The summed E-state index contributed by atoms with van der Waals surface area (Å²) in [6.45, 7) is 4.14.